The summed E-state index contributed by atoms with van der Waals surface area (Å²) in [5.74, 6) is 0.883. The molecule has 146 valence electrons. The first-order valence-electron chi connectivity index (χ1n) is 9.40. The van der Waals surface area contributed by atoms with Gasteiger partial charge in [-0.15, -0.1) is 11.3 Å². The Morgan fingerprint density at radius 3 is 2.81 bits per heavy atom. The molecule has 27 heavy (non-hydrogen) atoms. The van der Waals surface area contributed by atoms with Crippen LogP contribution in [0.15, 0.2) is 46.0 Å². The van der Waals surface area contributed by atoms with Gasteiger partial charge in [-0.1, -0.05) is 18.2 Å². The van der Waals surface area contributed by atoms with Crippen LogP contribution in [0.5, 0.6) is 5.75 Å². The van der Waals surface area contributed by atoms with E-state index in [9.17, 15) is 8.42 Å². The highest BCUT2D eigenvalue weighted by atomic mass is 32.2. The van der Waals surface area contributed by atoms with Gasteiger partial charge in [0.25, 0.3) is 10.0 Å². The summed E-state index contributed by atoms with van der Waals surface area (Å²) in [4.78, 5) is 2.47. The van der Waals surface area contributed by atoms with Crippen molar-refractivity contribution >= 4 is 21.4 Å². The van der Waals surface area contributed by atoms with Crippen LogP contribution < -0.4 is 4.74 Å². The van der Waals surface area contributed by atoms with Crippen LogP contribution in [0.25, 0.3) is 0 Å². The molecule has 2 saturated heterocycles. The van der Waals surface area contributed by atoms with Crippen molar-refractivity contribution in [2.75, 3.05) is 33.3 Å². The van der Waals surface area contributed by atoms with Gasteiger partial charge < -0.3 is 4.74 Å². The predicted molar refractivity (Wildman–Crippen MR) is 108 cm³/mol. The SMILES string of the molecule is COc1cccc(CN2CCCC3(CCN(S(=O)(=O)c4cccs4)C3)C2)c1. The van der Waals surface area contributed by atoms with E-state index in [1.54, 1.807) is 23.5 Å². The summed E-state index contributed by atoms with van der Waals surface area (Å²) in [6, 6.07) is 11.7. The van der Waals surface area contributed by atoms with Crippen molar-refractivity contribution in [2.45, 2.75) is 30.0 Å². The molecule has 2 aliphatic heterocycles. The molecule has 4 rings (SSSR count). The quantitative estimate of drug-likeness (QED) is 0.763. The molecule has 0 amide bonds. The minimum Gasteiger partial charge on any atom is -0.497 e. The van der Waals surface area contributed by atoms with E-state index in [0.717, 1.165) is 44.6 Å². The lowest BCUT2D eigenvalue weighted by molar-refractivity contribution is 0.0934. The summed E-state index contributed by atoms with van der Waals surface area (Å²) in [6.07, 6.45) is 3.18. The topological polar surface area (TPSA) is 49.9 Å². The third kappa shape index (κ3) is 3.92. The zero-order valence-electron chi connectivity index (χ0n) is 15.6. The maximum atomic E-state index is 12.9. The Balaban J connectivity index is 1.45. The molecule has 3 heterocycles. The third-order valence-corrected chi connectivity index (χ3v) is 8.99. The molecule has 2 aliphatic rings. The van der Waals surface area contributed by atoms with E-state index in [0.29, 0.717) is 17.3 Å². The molecule has 0 saturated carbocycles. The number of hydrogen-bond acceptors (Lipinski definition) is 5. The first kappa shape index (κ1) is 18.9. The maximum Gasteiger partial charge on any atom is 0.252 e. The van der Waals surface area contributed by atoms with Crippen molar-refractivity contribution in [3.05, 3.63) is 47.3 Å². The van der Waals surface area contributed by atoms with Crippen molar-refractivity contribution in [3.63, 3.8) is 0 Å². The van der Waals surface area contributed by atoms with Crippen molar-refractivity contribution in [3.8, 4) is 5.75 Å². The van der Waals surface area contributed by atoms with Gasteiger partial charge in [-0.25, -0.2) is 8.42 Å². The molecule has 7 heteroatoms. The molecule has 2 fully saturated rings. The molecule has 1 aromatic carbocycles. The van der Waals surface area contributed by atoms with E-state index in [4.69, 9.17) is 4.74 Å². The fourth-order valence-corrected chi connectivity index (χ4v) is 7.14. The summed E-state index contributed by atoms with van der Waals surface area (Å²) in [5.41, 5.74) is 1.33. The maximum absolute atomic E-state index is 12.9. The van der Waals surface area contributed by atoms with Crippen LogP contribution in [0.3, 0.4) is 0 Å². The number of methoxy groups -OCH3 is 1. The second-order valence-electron chi connectivity index (χ2n) is 7.69. The molecule has 1 unspecified atom stereocenters. The molecular formula is C20H26N2O3S2. The Morgan fingerprint density at radius 2 is 2.04 bits per heavy atom. The van der Waals surface area contributed by atoms with Crippen LogP contribution in [0.1, 0.15) is 24.8 Å². The highest BCUT2D eigenvalue weighted by Crippen LogP contribution is 2.41. The van der Waals surface area contributed by atoms with Crippen molar-refractivity contribution in [1.29, 1.82) is 0 Å². The van der Waals surface area contributed by atoms with Gasteiger partial charge >= 0.3 is 0 Å². The Hall–Kier alpha value is -1.41. The molecule has 0 N–H and O–H groups in total. The minimum absolute atomic E-state index is 0.0848. The van der Waals surface area contributed by atoms with Gasteiger partial charge in [-0.3, -0.25) is 4.90 Å². The fourth-order valence-electron chi connectivity index (χ4n) is 4.44. The molecular weight excluding hydrogens is 380 g/mol. The van der Waals surface area contributed by atoms with Gasteiger partial charge in [0.1, 0.15) is 9.96 Å². The minimum atomic E-state index is -3.34. The standard InChI is InChI=1S/C20H26N2O3S2/c1-25-18-6-2-5-17(13-18)14-21-10-4-8-20(15-21)9-11-22(16-20)27(23,24)19-7-3-12-26-19/h2-3,5-7,12-13H,4,8-11,14-16H2,1H3. The molecule has 1 spiro atoms. The molecule has 1 aromatic heterocycles. The summed E-state index contributed by atoms with van der Waals surface area (Å²) in [6.45, 7) is 4.18. The number of rotatable bonds is 5. The van der Waals surface area contributed by atoms with Gasteiger partial charge in [0.05, 0.1) is 7.11 Å². The van der Waals surface area contributed by atoms with Crippen molar-refractivity contribution < 1.29 is 13.2 Å². The number of nitrogens with zero attached hydrogens (tertiary/aromatic N) is 2. The molecule has 0 radical (unpaired) electrons. The zero-order valence-corrected chi connectivity index (χ0v) is 17.3. The molecule has 2 aromatic rings. The van der Waals surface area contributed by atoms with Crippen molar-refractivity contribution in [1.82, 2.24) is 9.21 Å². The number of ether oxygens (including phenoxy) is 1. The van der Waals surface area contributed by atoms with Gasteiger partial charge in [0.15, 0.2) is 0 Å². The fraction of sp³-hybridized carbons (Fsp3) is 0.500. The van der Waals surface area contributed by atoms with Gasteiger partial charge in [0.2, 0.25) is 0 Å². The van der Waals surface area contributed by atoms with E-state index in [1.807, 2.05) is 17.5 Å². The second-order valence-corrected chi connectivity index (χ2v) is 10.8. The van der Waals surface area contributed by atoms with Crippen LogP contribution in [0.4, 0.5) is 0 Å². The highest BCUT2D eigenvalue weighted by molar-refractivity contribution is 7.91. The van der Waals surface area contributed by atoms with Crippen LogP contribution in [-0.4, -0.2) is 50.9 Å². The molecule has 0 aliphatic carbocycles. The van der Waals surface area contributed by atoms with Gasteiger partial charge in [0, 0.05) is 26.2 Å². The first-order chi connectivity index (χ1) is 13.0. The predicted octanol–water partition coefficient (Wildman–Crippen LogP) is 3.43. The largest absolute Gasteiger partial charge is 0.497 e. The van der Waals surface area contributed by atoms with Crippen LogP contribution in [-0.2, 0) is 16.6 Å². The average Bonchev–Trinajstić information content (AvgIpc) is 3.33. The second kappa shape index (κ2) is 7.54. The Labute approximate surface area is 165 Å². The van der Waals surface area contributed by atoms with Gasteiger partial charge in [-0.2, -0.15) is 4.31 Å². The van der Waals surface area contributed by atoms with E-state index >= 15 is 0 Å². The van der Waals surface area contributed by atoms with E-state index < -0.39 is 10.0 Å². The normalized spacial score (nSPS) is 24.5. The first-order valence-corrected chi connectivity index (χ1v) is 11.7. The number of thiophene rings is 1. The van der Waals surface area contributed by atoms with Crippen molar-refractivity contribution in [2.24, 2.45) is 5.41 Å². The third-order valence-electron chi connectivity index (χ3n) is 5.77. The van der Waals surface area contributed by atoms with Crippen LogP contribution in [0.2, 0.25) is 0 Å². The average molecular weight is 407 g/mol. The monoisotopic (exact) mass is 406 g/mol. The molecule has 5 nitrogen and oxygen atoms in total. The Morgan fingerprint density at radius 1 is 1.15 bits per heavy atom. The summed E-state index contributed by atoms with van der Waals surface area (Å²) in [7, 11) is -1.65. The Bertz CT molecular complexity index is 882. The van der Waals surface area contributed by atoms with Crippen LogP contribution in [0, 0.1) is 5.41 Å². The zero-order chi connectivity index (χ0) is 18.9. The molecule has 1 atom stereocenters. The number of hydrogen-bond donors (Lipinski definition) is 0. The Kier molecular flexibility index (Phi) is 5.29. The summed E-state index contributed by atoms with van der Waals surface area (Å²) in [5, 5.41) is 1.83. The van der Waals surface area contributed by atoms with E-state index in [2.05, 4.69) is 17.0 Å². The number of piperidine rings is 1. The lowest BCUT2D eigenvalue weighted by atomic mass is 9.79. The van der Waals surface area contributed by atoms with E-state index in [-0.39, 0.29) is 5.41 Å². The lowest BCUT2D eigenvalue weighted by Gasteiger charge is -2.40. The van der Waals surface area contributed by atoms with Crippen LogP contribution >= 0.6 is 11.3 Å². The summed E-state index contributed by atoms with van der Waals surface area (Å²) >= 11 is 1.31. The number of sulfonamides is 1. The smallest absolute Gasteiger partial charge is 0.252 e. The van der Waals surface area contributed by atoms with Gasteiger partial charge in [-0.05, 0) is 60.4 Å². The summed E-state index contributed by atoms with van der Waals surface area (Å²) < 4.78 is 33.2. The lowest BCUT2D eigenvalue weighted by Crippen LogP contribution is -2.44. The highest BCUT2D eigenvalue weighted by Gasteiger charge is 2.45. The van der Waals surface area contributed by atoms with E-state index in [1.165, 1.54) is 16.9 Å². The molecule has 0 bridgehead atoms. The number of benzene rings is 1. The number of likely N-dealkylation sites (tertiary alicyclic amines) is 1.